The van der Waals surface area contributed by atoms with Gasteiger partial charge in [-0.2, -0.15) is 0 Å². The summed E-state index contributed by atoms with van der Waals surface area (Å²) in [5.74, 6) is -0.216. The van der Waals surface area contributed by atoms with Crippen molar-refractivity contribution < 1.29 is 4.79 Å². The van der Waals surface area contributed by atoms with Crippen LogP contribution in [-0.4, -0.2) is 17.4 Å². The first-order valence-corrected chi connectivity index (χ1v) is 7.51. The molecule has 0 radical (unpaired) electrons. The lowest BCUT2D eigenvalue weighted by Crippen LogP contribution is -2.15. The molecule has 2 rings (SSSR count). The lowest BCUT2D eigenvalue weighted by Gasteiger charge is -2.11. The van der Waals surface area contributed by atoms with Gasteiger partial charge >= 0.3 is 0 Å². The van der Waals surface area contributed by atoms with Gasteiger partial charge in [-0.15, -0.1) is 0 Å². The summed E-state index contributed by atoms with van der Waals surface area (Å²) in [4.78, 5) is 16.3. The van der Waals surface area contributed by atoms with Crippen molar-refractivity contribution in [2.45, 2.75) is 6.92 Å². The van der Waals surface area contributed by atoms with Crippen molar-refractivity contribution in [3.8, 4) is 0 Å². The van der Waals surface area contributed by atoms with Gasteiger partial charge in [-0.05, 0) is 53.8 Å². The third kappa shape index (κ3) is 3.61. The zero-order valence-electron chi connectivity index (χ0n) is 10.8. The Balaban J connectivity index is 2.24. The summed E-state index contributed by atoms with van der Waals surface area (Å²) in [6.45, 7) is 2.68. The van der Waals surface area contributed by atoms with Crippen molar-refractivity contribution >= 4 is 51.5 Å². The summed E-state index contributed by atoms with van der Waals surface area (Å²) >= 11 is 8.28. The van der Waals surface area contributed by atoms with Gasteiger partial charge in [0.15, 0.2) is 0 Å². The molecule has 6 heteroatoms. The van der Waals surface area contributed by atoms with Crippen LogP contribution in [0.4, 0.5) is 11.4 Å². The van der Waals surface area contributed by atoms with E-state index >= 15 is 0 Å². The smallest absolute Gasteiger partial charge is 0.257 e. The molecule has 1 aromatic heterocycles. The van der Waals surface area contributed by atoms with E-state index in [4.69, 9.17) is 11.6 Å². The Labute approximate surface area is 136 Å². The van der Waals surface area contributed by atoms with Gasteiger partial charge in [-0.1, -0.05) is 11.6 Å². The van der Waals surface area contributed by atoms with Crippen molar-refractivity contribution in [2.75, 3.05) is 17.2 Å². The van der Waals surface area contributed by atoms with Crippen LogP contribution in [-0.2, 0) is 0 Å². The lowest BCUT2D eigenvalue weighted by molar-refractivity contribution is 0.102. The van der Waals surface area contributed by atoms with Gasteiger partial charge in [0, 0.05) is 16.3 Å². The monoisotopic (exact) mass is 401 g/mol. The number of carbonyl (C=O) groups is 1. The van der Waals surface area contributed by atoms with Gasteiger partial charge in [0.2, 0.25) is 0 Å². The number of nitrogens with one attached hydrogen (secondary N) is 2. The third-order valence-corrected chi connectivity index (χ3v) is 3.60. The van der Waals surface area contributed by atoms with Gasteiger partial charge in [0.1, 0.15) is 0 Å². The van der Waals surface area contributed by atoms with Gasteiger partial charge in [0.05, 0.1) is 28.2 Å². The first-order chi connectivity index (χ1) is 9.61. The van der Waals surface area contributed by atoms with Crippen LogP contribution in [0.5, 0.6) is 0 Å². The number of hydrogen-bond acceptors (Lipinski definition) is 3. The summed E-state index contributed by atoms with van der Waals surface area (Å²) < 4.78 is 1.02. The standard InChI is InChI=1S/C14H13ClIN3O/c1-2-18-13-8-17-6-5-10(13)14(20)19-12-4-3-9(16)7-11(12)15/h3-8,18H,2H2,1H3,(H,19,20). The molecule has 0 saturated carbocycles. The highest BCUT2D eigenvalue weighted by atomic mass is 127. The summed E-state index contributed by atoms with van der Waals surface area (Å²) in [5.41, 5.74) is 1.84. The van der Waals surface area contributed by atoms with Crippen molar-refractivity contribution in [3.05, 3.63) is 50.8 Å². The van der Waals surface area contributed by atoms with Crippen molar-refractivity contribution in [1.82, 2.24) is 4.98 Å². The molecule has 0 saturated heterocycles. The quantitative estimate of drug-likeness (QED) is 0.761. The molecule has 1 heterocycles. The number of anilines is 2. The highest BCUT2D eigenvalue weighted by Crippen LogP contribution is 2.25. The predicted molar refractivity (Wildman–Crippen MR) is 90.5 cm³/mol. The molecule has 4 nitrogen and oxygen atoms in total. The fraction of sp³-hybridized carbons (Fsp3) is 0.143. The fourth-order valence-electron chi connectivity index (χ4n) is 1.70. The number of nitrogens with zero attached hydrogens (tertiary/aromatic N) is 1. The number of pyridine rings is 1. The largest absolute Gasteiger partial charge is 0.383 e. The Morgan fingerprint density at radius 2 is 2.15 bits per heavy atom. The minimum Gasteiger partial charge on any atom is -0.383 e. The molecule has 0 aliphatic heterocycles. The third-order valence-electron chi connectivity index (χ3n) is 2.61. The van der Waals surface area contributed by atoms with Gasteiger partial charge < -0.3 is 10.6 Å². The molecule has 1 aromatic carbocycles. The van der Waals surface area contributed by atoms with E-state index in [-0.39, 0.29) is 5.91 Å². The summed E-state index contributed by atoms with van der Waals surface area (Å²) in [7, 11) is 0. The zero-order chi connectivity index (χ0) is 14.5. The van der Waals surface area contributed by atoms with Crippen molar-refractivity contribution in [2.24, 2.45) is 0 Å². The number of aromatic nitrogens is 1. The van der Waals surface area contributed by atoms with Gasteiger partial charge in [0.25, 0.3) is 5.91 Å². The van der Waals surface area contributed by atoms with Gasteiger partial charge in [-0.3, -0.25) is 9.78 Å². The van der Waals surface area contributed by atoms with Crippen LogP contribution in [0.25, 0.3) is 0 Å². The van der Waals surface area contributed by atoms with E-state index in [1.54, 1.807) is 30.6 Å². The van der Waals surface area contributed by atoms with Crippen LogP contribution in [0, 0.1) is 3.57 Å². The first kappa shape index (κ1) is 15.1. The molecule has 20 heavy (non-hydrogen) atoms. The molecule has 0 fully saturated rings. The second kappa shape index (κ2) is 6.90. The van der Waals surface area contributed by atoms with Crippen LogP contribution in [0.3, 0.4) is 0 Å². The van der Waals surface area contributed by atoms with E-state index < -0.39 is 0 Å². The van der Waals surface area contributed by atoms with E-state index in [9.17, 15) is 4.79 Å². The molecule has 104 valence electrons. The molecule has 2 aromatic rings. The Hall–Kier alpha value is -1.34. The molecular formula is C14H13ClIN3O. The molecule has 0 bridgehead atoms. The summed E-state index contributed by atoms with van der Waals surface area (Å²) in [6, 6.07) is 7.15. The summed E-state index contributed by atoms with van der Waals surface area (Å²) in [6.07, 6.45) is 3.22. The average molecular weight is 402 g/mol. The molecule has 0 aliphatic rings. The number of amides is 1. The Morgan fingerprint density at radius 1 is 1.35 bits per heavy atom. The van der Waals surface area contributed by atoms with E-state index in [1.165, 1.54) is 0 Å². The number of halogens is 2. The van der Waals surface area contributed by atoms with Crippen molar-refractivity contribution in [3.63, 3.8) is 0 Å². The van der Waals surface area contributed by atoms with Crippen LogP contribution >= 0.6 is 34.2 Å². The molecule has 0 aliphatic carbocycles. The highest BCUT2D eigenvalue weighted by molar-refractivity contribution is 14.1. The lowest BCUT2D eigenvalue weighted by atomic mass is 10.2. The SMILES string of the molecule is CCNc1cnccc1C(=O)Nc1ccc(I)cc1Cl. The predicted octanol–water partition coefficient (Wildman–Crippen LogP) is 4.02. The molecule has 0 atom stereocenters. The maximum atomic E-state index is 12.3. The number of rotatable bonds is 4. The van der Waals surface area contributed by atoms with Crippen LogP contribution in [0.2, 0.25) is 5.02 Å². The first-order valence-electron chi connectivity index (χ1n) is 6.06. The maximum Gasteiger partial charge on any atom is 0.257 e. The minimum atomic E-state index is -0.216. The summed E-state index contributed by atoms with van der Waals surface area (Å²) in [5, 5.41) is 6.44. The van der Waals surface area contributed by atoms with Gasteiger partial charge in [-0.25, -0.2) is 0 Å². The number of benzene rings is 1. The fourth-order valence-corrected chi connectivity index (χ4v) is 2.61. The van der Waals surface area contributed by atoms with E-state index in [0.717, 1.165) is 10.1 Å². The van der Waals surface area contributed by atoms with Crippen LogP contribution < -0.4 is 10.6 Å². The molecule has 0 unspecified atom stereocenters. The number of hydrogen-bond donors (Lipinski definition) is 2. The Bertz CT molecular complexity index is 634. The van der Waals surface area contributed by atoms with Crippen molar-refractivity contribution in [1.29, 1.82) is 0 Å². The molecular weight excluding hydrogens is 389 g/mol. The average Bonchev–Trinajstić information content (AvgIpc) is 2.43. The normalized spacial score (nSPS) is 10.2. The maximum absolute atomic E-state index is 12.3. The topological polar surface area (TPSA) is 54.0 Å². The minimum absolute atomic E-state index is 0.216. The Kier molecular flexibility index (Phi) is 5.19. The molecule has 1 amide bonds. The second-order valence-electron chi connectivity index (χ2n) is 4.03. The van der Waals surface area contributed by atoms with Crippen LogP contribution in [0.1, 0.15) is 17.3 Å². The second-order valence-corrected chi connectivity index (χ2v) is 5.68. The Morgan fingerprint density at radius 3 is 2.85 bits per heavy atom. The zero-order valence-corrected chi connectivity index (χ0v) is 13.7. The van der Waals surface area contributed by atoms with E-state index in [1.807, 2.05) is 13.0 Å². The highest BCUT2D eigenvalue weighted by Gasteiger charge is 2.12. The number of carbonyl (C=O) groups excluding carboxylic acids is 1. The van der Waals surface area contributed by atoms with Crippen LogP contribution in [0.15, 0.2) is 36.7 Å². The van der Waals surface area contributed by atoms with E-state index in [2.05, 4.69) is 38.2 Å². The molecule has 0 spiro atoms. The molecule has 2 N–H and O–H groups in total. The van der Waals surface area contributed by atoms with E-state index in [0.29, 0.717) is 22.0 Å².